The van der Waals surface area contributed by atoms with Crippen LogP contribution >= 0.6 is 11.3 Å². The first-order valence-electron chi connectivity index (χ1n) is 11.0. The van der Waals surface area contributed by atoms with Gasteiger partial charge in [0.2, 0.25) is 5.91 Å². The van der Waals surface area contributed by atoms with Crippen LogP contribution in [0.5, 0.6) is 0 Å². The number of carbonyl (C=O) groups excluding carboxylic acids is 1. The van der Waals surface area contributed by atoms with E-state index >= 15 is 0 Å². The van der Waals surface area contributed by atoms with Gasteiger partial charge in [-0.1, -0.05) is 6.42 Å². The molecule has 1 amide bonds. The SMILES string of the molecule is O=C(N[C@H]1C[C@H]2CN(Cc3nc(-c4ccc(F)cc4)cs3)C[C@H]2C[C@@H]1O)C1CCC1. The van der Waals surface area contributed by atoms with E-state index in [0.29, 0.717) is 11.8 Å². The predicted molar refractivity (Wildman–Crippen MR) is 114 cm³/mol. The number of halogens is 1. The second-order valence-electron chi connectivity index (χ2n) is 9.13. The number of thiazole rings is 1. The molecule has 0 bridgehead atoms. The molecule has 0 unspecified atom stereocenters. The van der Waals surface area contributed by atoms with Gasteiger partial charge in [-0.2, -0.15) is 0 Å². The predicted octanol–water partition coefficient (Wildman–Crippen LogP) is 3.44. The molecule has 2 saturated carbocycles. The number of aliphatic hydroxyl groups is 1. The van der Waals surface area contributed by atoms with Crippen LogP contribution in [0.1, 0.15) is 37.1 Å². The third kappa shape index (κ3) is 4.15. The summed E-state index contributed by atoms with van der Waals surface area (Å²) in [4.78, 5) is 19.5. The molecule has 2 aliphatic carbocycles. The number of fused-ring (bicyclic) bond motifs is 1. The number of rotatable bonds is 5. The summed E-state index contributed by atoms with van der Waals surface area (Å²) in [6.45, 7) is 2.75. The number of benzene rings is 1. The van der Waals surface area contributed by atoms with Crippen LogP contribution < -0.4 is 5.32 Å². The van der Waals surface area contributed by atoms with E-state index in [-0.39, 0.29) is 23.7 Å². The smallest absolute Gasteiger partial charge is 0.223 e. The zero-order valence-electron chi connectivity index (χ0n) is 17.0. The first kappa shape index (κ1) is 20.1. The molecule has 5 nitrogen and oxygen atoms in total. The fourth-order valence-electron chi connectivity index (χ4n) is 5.11. The van der Waals surface area contributed by atoms with Crippen molar-refractivity contribution in [3.05, 3.63) is 40.5 Å². The van der Waals surface area contributed by atoms with Crippen molar-refractivity contribution in [1.29, 1.82) is 0 Å². The second kappa shape index (κ2) is 8.36. The van der Waals surface area contributed by atoms with Gasteiger partial charge in [-0.3, -0.25) is 9.69 Å². The highest BCUT2D eigenvalue weighted by Gasteiger charge is 2.42. The first-order valence-corrected chi connectivity index (χ1v) is 11.8. The van der Waals surface area contributed by atoms with E-state index in [2.05, 4.69) is 10.2 Å². The molecule has 7 heteroatoms. The van der Waals surface area contributed by atoms with Crippen LogP contribution in [0.25, 0.3) is 11.3 Å². The van der Waals surface area contributed by atoms with Crippen molar-refractivity contribution in [2.75, 3.05) is 13.1 Å². The highest BCUT2D eigenvalue weighted by molar-refractivity contribution is 7.09. The number of hydrogen-bond donors (Lipinski definition) is 2. The van der Waals surface area contributed by atoms with Gasteiger partial charge in [0.1, 0.15) is 10.8 Å². The van der Waals surface area contributed by atoms with Gasteiger partial charge in [0.05, 0.1) is 24.4 Å². The number of carbonyl (C=O) groups is 1. The maximum Gasteiger partial charge on any atom is 0.223 e. The average Bonchev–Trinajstić information content (AvgIpc) is 3.28. The van der Waals surface area contributed by atoms with Crippen molar-refractivity contribution in [3.8, 4) is 11.3 Å². The summed E-state index contributed by atoms with van der Waals surface area (Å²) < 4.78 is 13.1. The first-order chi connectivity index (χ1) is 14.5. The number of amides is 1. The lowest BCUT2D eigenvalue weighted by Gasteiger charge is -2.37. The van der Waals surface area contributed by atoms with Crippen molar-refractivity contribution >= 4 is 17.2 Å². The lowest BCUT2D eigenvalue weighted by molar-refractivity contribution is -0.129. The van der Waals surface area contributed by atoms with E-state index < -0.39 is 6.10 Å². The van der Waals surface area contributed by atoms with Gasteiger partial charge in [0.25, 0.3) is 0 Å². The minimum Gasteiger partial charge on any atom is -0.391 e. The molecule has 2 heterocycles. The highest BCUT2D eigenvalue weighted by Crippen LogP contribution is 2.38. The van der Waals surface area contributed by atoms with E-state index in [1.54, 1.807) is 23.5 Å². The highest BCUT2D eigenvalue weighted by atomic mass is 32.1. The molecule has 2 aromatic rings. The van der Waals surface area contributed by atoms with Gasteiger partial charge in [0, 0.05) is 30.0 Å². The van der Waals surface area contributed by atoms with E-state index in [4.69, 9.17) is 4.98 Å². The maximum atomic E-state index is 13.1. The zero-order valence-corrected chi connectivity index (χ0v) is 17.8. The molecule has 1 aromatic carbocycles. The normalized spacial score (nSPS) is 29.4. The lowest BCUT2D eigenvalue weighted by atomic mass is 9.77. The van der Waals surface area contributed by atoms with Gasteiger partial charge in [-0.25, -0.2) is 9.37 Å². The minimum atomic E-state index is -0.444. The molecule has 4 atom stereocenters. The molecule has 1 aromatic heterocycles. The molecule has 3 fully saturated rings. The van der Waals surface area contributed by atoms with Crippen molar-refractivity contribution < 1.29 is 14.3 Å². The lowest BCUT2D eigenvalue weighted by Crippen LogP contribution is -2.51. The van der Waals surface area contributed by atoms with Crippen LogP contribution in [-0.2, 0) is 11.3 Å². The van der Waals surface area contributed by atoms with E-state index in [0.717, 1.165) is 68.0 Å². The Labute approximate surface area is 180 Å². The van der Waals surface area contributed by atoms with Crippen LogP contribution in [0.3, 0.4) is 0 Å². The molecule has 1 aliphatic heterocycles. The van der Waals surface area contributed by atoms with Crippen LogP contribution in [0.15, 0.2) is 29.6 Å². The topological polar surface area (TPSA) is 65.5 Å². The third-order valence-corrected chi connectivity index (χ3v) is 7.91. The number of likely N-dealkylation sites (tertiary alicyclic amines) is 1. The van der Waals surface area contributed by atoms with Crippen molar-refractivity contribution in [2.45, 2.75) is 50.8 Å². The van der Waals surface area contributed by atoms with Crippen LogP contribution in [0.4, 0.5) is 4.39 Å². The maximum absolute atomic E-state index is 13.1. The fourth-order valence-corrected chi connectivity index (χ4v) is 5.96. The number of nitrogens with one attached hydrogen (secondary N) is 1. The molecular formula is C23H28FN3O2S. The van der Waals surface area contributed by atoms with Gasteiger partial charge < -0.3 is 10.4 Å². The van der Waals surface area contributed by atoms with Crippen LogP contribution in [-0.4, -0.2) is 46.1 Å². The summed E-state index contributed by atoms with van der Waals surface area (Å²) in [5, 5.41) is 16.8. The summed E-state index contributed by atoms with van der Waals surface area (Å²) in [6, 6.07) is 6.34. The fraction of sp³-hybridized carbons (Fsp3) is 0.565. The van der Waals surface area contributed by atoms with Crippen molar-refractivity contribution in [2.24, 2.45) is 17.8 Å². The Morgan fingerprint density at radius 3 is 2.63 bits per heavy atom. The van der Waals surface area contributed by atoms with E-state index in [9.17, 15) is 14.3 Å². The van der Waals surface area contributed by atoms with E-state index in [1.807, 2.05) is 5.38 Å². The molecule has 1 saturated heterocycles. The quantitative estimate of drug-likeness (QED) is 0.764. The number of aliphatic hydroxyl groups excluding tert-OH is 1. The monoisotopic (exact) mass is 429 g/mol. The molecule has 0 radical (unpaired) electrons. The Morgan fingerprint density at radius 1 is 1.20 bits per heavy atom. The zero-order chi connectivity index (χ0) is 20.7. The standard InChI is InChI=1S/C23H28FN3O2S/c24-18-6-4-14(5-7-18)20-13-30-22(25-20)12-27-10-16-8-19(21(28)9-17(16)11-27)26-23(29)15-2-1-3-15/h4-7,13,15-17,19,21,28H,1-3,8-12H2,(H,26,29)/t16-,17+,19-,21-/m0/s1. The molecule has 3 aliphatic rings. The van der Waals surface area contributed by atoms with Gasteiger partial charge in [0.15, 0.2) is 0 Å². The van der Waals surface area contributed by atoms with Crippen molar-refractivity contribution in [1.82, 2.24) is 15.2 Å². The largest absolute Gasteiger partial charge is 0.391 e. The Kier molecular flexibility index (Phi) is 5.60. The van der Waals surface area contributed by atoms with Crippen molar-refractivity contribution in [3.63, 3.8) is 0 Å². The molecule has 30 heavy (non-hydrogen) atoms. The van der Waals surface area contributed by atoms with Gasteiger partial charge in [-0.15, -0.1) is 11.3 Å². The Morgan fingerprint density at radius 2 is 1.93 bits per heavy atom. The van der Waals surface area contributed by atoms with Crippen LogP contribution in [0.2, 0.25) is 0 Å². The summed E-state index contributed by atoms with van der Waals surface area (Å²) in [6.07, 6.45) is 4.30. The minimum absolute atomic E-state index is 0.107. The summed E-state index contributed by atoms with van der Waals surface area (Å²) in [7, 11) is 0. The van der Waals surface area contributed by atoms with Gasteiger partial charge >= 0.3 is 0 Å². The summed E-state index contributed by atoms with van der Waals surface area (Å²) in [5.74, 6) is 1.05. The average molecular weight is 430 g/mol. The Balaban J connectivity index is 1.18. The number of aromatic nitrogens is 1. The summed E-state index contributed by atoms with van der Waals surface area (Å²) in [5.41, 5.74) is 1.82. The molecule has 5 rings (SSSR count). The molecule has 160 valence electrons. The molecule has 0 spiro atoms. The van der Waals surface area contributed by atoms with Crippen LogP contribution in [0, 0.1) is 23.6 Å². The summed E-state index contributed by atoms with van der Waals surface area (Å²) >= 11 is 1.64. The molecular weight excluding hydrogens is 401 g/mol. The Hall–Kier alpha value is -1.83. The van der Waals surface area contributed by atoms with E-state index in [1.165, 1.54) is 12.1 Å². The third-order valence-electron chi connectivity index (χ3n) is 7.07. The number of nitrogens with zero attached hydrogens (tertiary/aromatic N) is 2. The van der Waals surface area contributed by atoms with Gasteiger partial charge in [-0.05, 0) is 61.8 Å². The molecule has 2 N–H and O–H groups in total. The number of hydrogen-bond acceptors (Lipinski definition) is 5. The second-order valence-corrected chi connectivity index (χ2v) is 10.1. The Bertz CT molecular complexity index is 898.